The molecule has 3 heteroatoms. The number of aliphatic hydroxyl groups is 1. The van der Waals surface area contributed by atoms with Gasteiger partial charge in [-0.2, -0.15) is 5.26 Å². The van der Waals surface area contributed by atoms with Crippen LogP contribution in [0.25, 0.3) is 0 Å². The number of nitriles is 1. The molecule has 2 atom stereocenters. The summed E-state index contributed by atoms with van der Waals surface area (Å²) in [4.78, 5) is 0. The summed E-state index contributed by atoms with van der Waals surface area (Å²) in [6.45, 7) is 0. The first-order valence-corrected chi connectivity index (χ1v) is 5.64. The highest BCUT2D eigenvalue weighted by atomic mass is 16.5. The summed E-state index contributed by atoms with van der Waals surface area (Å²) in [6.07, 6.45) is 3.46. The van der Waals surface area contributed by atoms with Gasteiger partial charge in [-0.1, -0.05) is 6.42 Å². The van der Waals surface area contributed by atoms with Crippen molar-refractivity contribution in [2.24, 2.45) is 0 Å². The second-order valence-electron chi connectivity index (χ2n) is 4.14. The fraction of sp³-hybridized carbons (Fsp3) is 0.462. The molecule has 1 N–H and O–H groups in total. The average Bonchev–Trinajstić information content (AvgIpc) is 2.33. The Bertz CT molecular complexity index is 380. The minimum absolute atomic E-state index is 0.0957. The van der Waals surface area contributed by atoms with Gasteiger partial charge in [-0.15, -0.1) is 0 Å². The van der Waals surface area contributed by atoms with Crippen LogP contribution < -0.4 is 4.74 Å². The molecule has 16 heavy (non-hydrogen) atoms. The summed E-state index contributed by atoms with van der Waals surface area (Å²) in [5, 5.41) is 18.4. The fourth-order valence-corrected chi connectivity index (χ4v) is 2.00. The molecule has 3 nitrogen and oxygen atoms in total. The van der Waals surface area contributed by atoms with E-state index in [0.717, 1.165) is 31.4 Å². The number of nitrogens with zero attached hydrogens (tertiary/aromatic N) is 1. The summed E-state index contributed by atoms with van der Waals surface area (Å²) < 4.78 is 5.71. The van der Waals surface area contributed by atoms with Crippen molar-refractivity contribution in [3.05, 3.63) is 29.8 Å². The largest absolute Gasteiger partial charge is 0.488 e. The van der Waals surface area contributed by atoms with Gasteiger partial charge >= 0.3 is 0 Å². The summed E-state index contributed by atoms with van der Waals surface area (Å²) in [7, 11) is 0. The number of hydrogen-bond donors (Lipinski definition) is 1. The van der Waals surface area contributed by atoms with E-state index in [-0.39, 0.29) is 12.2 Å². The highest BCUT2D eigenvalue weighted by Gasteiger charge is 2.24. The predicted octanol–water partition coefficient (Wildman–Crippen LogP) is 2.24. The van der Waals surface area contributed by atoms with Crippen molar-refractivity contribution < 1.29 is 9.84 Å². The summed E-state index contributed by atoms with van der Waals surface area (Å²) in [5.74, 6) is 0.727. The Morgan fingerprint density at radius 3 is 2.50 bits per heavy atom. The summed E-state index contributed by atoms with van der Waals surface area (Å²) >= 11 is 0. The van der Waals surface area contributed by atoms with Gasteiger partial charge in [0.25, 0.3) is 0 Å². The highest BCUT2D eigenvalue weighted by Crippen LogP contribution is 2.23. The average molecular weight is 217 g/mol. The van der Waals surface area contributed by atoms with Crippen molar-refractivity contribution in [2.75, 3.05) is 0 Å². The smallest absolute Gasteiger partial charge is 0.124 e. The van der Waals surface area contributed by atoms with Crippen LogP contribution in [-0.4, -0.2) is 17.3 Å². The second-order valence-corrected chi connectivity index (χ2v) is 4.14. The lowest BCUT2D eigenvalue weighted by atomic mass is 9.95. The molecule has 1 aliphatic rings. The number of rotatable bonds is 2. The zero-order chi connectivity index (χ0) is 11.4. The summed E-state index contributed by atoms with van der Waals surface area (Å²) in [6, 6.07) is 9.07. The minimum atomic E-state index is -0.357. The molecule has 2 unspecified atom stereocenters. The first-order chi connectivity index (χ1) is 7.79. The standard InChI is InChI=1S/C13H15NO2/c14-9-10-5-7-11(8-6-10)16-13-4-2-1-3-12(13)15/h5-8,12-13,15H,1-4H2. The van der Waals surface area contributed by atoms with Crippen LogP contribution >= 0.6 is 0 Å². The fourth-order valence-electron chi connectivity index (χ4n) is 2.00. The Morgan fingerprint density at radius 2 is 1.88 bits per heavy atom. The van der Waals surface area contributed by atoms with Gasteiger partial charge in [0.15, 0.2) is 0 Å². The zero-order valence-electron chi connectivity index (χ0n) is 9.10. The first kappa shape index (κ1) is 11.0. The summed E-state index contributed by atoms with van der Waals surface area (Å²) in [5.41, 5.74) is 0.622. The number of aliphatic hydroxyl groups excluding tert-OH is 1. The lowest BCUT2D eigenvalue weighted by molar-refractivity contribution is 0.00687. The van der Waals surface area contributed by atoms with E-state index in [1.165, 1.54) is 0 Å². The van der Waals surface area contributed by atoms with Crippen LogP contribution in [0.15, 0.2) is 24.3 Å². The van der Waals surface area contributed by atoms with Crippen molar-refractivity contribution in [2.45, 2.75) is 37.9 Å². The SMILES string of the molecule is N#Cc1ccc(OC2CCCCC2O)cc1. The van der Waals surface area contributed by atoms with Gasteiger partial charge in [-0.25, -0.2) is 0 Å². The molecule has 0 amide bonds. The Kier molecular flexibility index (Phi) is 3.43. The minimum Gasteiger partial charge on any atom is -0.488 e. The Balaban J connectivity index is 2.00. The molecule has 1 aromatic rings. The molecular formula is C13H15NO2. The first-order valence-electron chi connectivity index (χ1n) is 5.64. The molecule has 0 spiro atoms. The maximum Gasteiger partial charge on any atom is 0.124 e. The Labute approximate surface area is 95.3 Å². The van der Waals surface area contributed by atoms with E-state index in [1.807, 2.05) is 0 Å². The van der Waals surface area contributed by atoms with Crippen LogP contribution in [0.1, 0.15) is 31.2 Å². The van der Waals surface area contributed by atoms with E-state index < -0.39 is 0 Å². The van der Waals surface area contributed by atoms with Gasteiger partial charge in [0.1, 0.15) is 11.9 Å². The van der Waals surface area contributed by atoms with Gasteiger partial charge in [-0.3, -0.25) is 0 Å². The van der Waals surface area contributed by atoms with Gasteiger partial charge in [0.2, 0.25) is 0 Å². The number of benzene rings is 1. The Morgan fingerprint density at radius 1 is 1.19 bits per heavy atom. The number of ether oxygens (including phenoxy) is 1. The Hall–Kier alpha value is -1.53. The van der Waals surface area contributed by atoms with Crippen molar-refractivity contribution in [3.63, 3.8) is 0 Å². The molecular weight excluding hydrogens is 202 g/mol. The molecule has 1 aliphatic carbocycles. The molecule has 1 fully saturated rings. The monoisotopic (exact) mass is 217 g/mol. The van der Waals surface area contributed by atoms with Crippen molar-refractivity contribution in [3.8, 4) is 11.8 Å². The molecule has 0 radical (unpaired) electrons. The van der Waals surface area contributed by atoms with E-state index in [9.17, 15) is 5.11 Å². The quantitative estimate of drug-likeness (QED) is 0.826. The molecule has 0 bridgehead atoms. The van der Waals surface area contributed by atoms with E-state index in [1.54, 1.807) is 24.3 Å². The van der Waals surface area contributed by atoms with Gasteiger partial charge < -0.3 is 9.84 Å². The van der Waals surface area contributed by atoms with Crippen LogP contribution in [0, 0.1) is 11.3 Å². The molecule has 0 saturated heterocycles. The molecule has 84 valence electrons. The third kappa shape index (κ3) is 2.53. The van der Waals surface area contributed by atoms with E-state index in [0.29, 0.717) is 5.56 Å². The maximum atomic E-state index is 9.75. The highest BCUT2D eigenvalue weighted by molar-refractivity contribution is 5.34. The molecule has 0 aliphatic heterocycles. The van der Waals surface area contributed by atoms with Crippen LogP contribution in [-0.2, 0) is 0 Å². The topological polar surface area (TPSA) is 53.2 Å². The van der Waals surface area contributed by atoms with Crippen molar-refractivity contribution in [1.29, 1.82) is 5.26 Å². The van der Waals surface area contributed by atoms with Crippen molar-refractivity contribution >= 4 is 0 Å². The third-order valence-electron chi connectivity index (χ3n) is 2.94. The van der Waals surface area contributed by atoms with Crippen LogP contribution in [0.2, 0.25) is 0 Å². The maximum absolute atomic E-state index is 9.75. The molecule has 0 heterocycles. The van der Waals surface area contributed by atoms with Crippen molar-refractivity contribution in [1.82, 2.24) is 0 Å². The van der Waals surface area contributed by atoms with Crippen LogP contribution in [0.3, 0.4) is 0 Å². The zero-order valence-corrected chi connectivity index (χ0v) is 9.10. The number of hydrogen-bond acceptors (Lipinski definition) is 3. The van der Waals surface area contributed by atoms with E-state index in [4.69, 9.17) is 10.00 Å². The lowest BCUT2D eigenvalue weighted by Gasteiger charge is -2.28. The second kappa shape index (κ2) is 5.00. The lowest BCUT2D eigenvalue weighted by Crippen LogP contribution is -2.34. The third-order valence-corrected chi connectivity index (χ3v) is 2.94. The van der Waals surface area contributed by atoms with E-state index >= 15 is 0 Å². The molecule has 2 rings (SSSR count). The van der Waals surface area contributed by atoms with E-state index in [2.05, 4.69) is 6.07 Å². The molecule has 0 aromatic heterocycles. The van der Waals surface area contributed by atoms with Gasteiger partial charge in [-0.05, 0) is 43.5 Å². The molecule has 1 saturated carbocycles. The van der Waals surface area contributed by atoms with Gasteiger partial charge in [0, 0.05) is 0 Å². The normalized spacial score (nSPS) is 24.8. The predicted molar refractivity (Wildman–Crippen MR) is 60.0 cm³/mol. The van der Waals surface area contributed by atoms with Crippen LogP contribution in [0.5, 0.6) is 5.75 Å². The van der Waals surface area contributed by atoms with Crippen LogP contribution in [0.4, 0.5) is 0 Å². The molecule has 1 aromatic carbocycles. The van der Waals surface area contributed by atoms with Gasteiger partial charge in [0.05, 0.1) is 17.7 Å².